The number of anilines is 1. The van der Waals surface area contributed by atoms with Crippen molar-refractivity contribution in [2.75, 3.05) is 17.1 Å². The van der Waals surface area contributed by atoms with Crippen molar-refractivity contribution in [1.82, 2.24) is 0 Å². The second-order valence-corrected chi connectivity index (χ2v) is 7.92. The van der Waals surface area contributed by atoms with Crippen molar-refractivity contribution in [2.45, 2.75) is 23.8 Å². The van der Waals surface area contributed by atoms with E-state index in [0.29, 0.717) is 13.0 Å². The molecule has 112 valence electrons. The van der Waals surface area contributed by atoms with Gasteiger partial charge in [-0.05, 0) is 31.0 Å². The molecule has 2 rings (SSSR count). The number of sulfonamides is 2. The Hall–Kier alpha value is -1.16. The molecule has 0 amide bonds. The van der Waals surface area contributed by atoms with Crippen LogP contribution in [-0.2, 0) is 24.8 Å². The molecule has 0 aliphatic carbocycles. The van der Waals surface area contributed by atoms with Gasteiger partial charge in [0.2, 0.25) is 20.0 Å². The zero-order valence-corrected chi connectivity index (χ0v) is 12.3. The second kappa shape index (κ2) is 5.68. The van der Waals surface area contributed by atoms with Crippen LogP contribution in [0, 0.1) is 0 Å². The minimum absolute atomic E-state index is 0.144. The van der Waals surface area contributed by atoms with Crippen LogP contribution in [0.5, 0.6) is 0 Å². The van der Waals surface area contributed by atoms with Crippen LogP contribution < -0.4 is 9.86 Å². The molecule has 1 unspecified atom stereocenters. The van der Waals surface area contributed by atoms with Gasteiger partial charge >= 0.3 is 0 Å². The molecule has 0 radical (unpaired) electrons. The minimum atomic E-state index is -3.86. The zero-order valence-electron chi connectivity index (χ0n) is 10.7. The molecule has 20 heavy (non-hydrogen) atoms. The van der Waals surface area contributed by atoms with E-state index in [4.69, 9.17) is 9.88 Å². The van der Waals surface area contributed by atoms with Crippen molar-refractivity contribution in [2.24, 2.45) is 5.14 Å². The molecule has 0 spiro atoms. The van der Waals surface area contributed by atoms with Crippen molar-refractivity contribution in [3.05, 3.63) is 24.3 Å². The van der Waals surface area contributed by atoms with E-state index >= 15 is 0 Å². The molecule has 1 atom stereocenters. The number of hydrogen-bond donors (Lipinski definition) is 2. The summed E-state index contributed by atoms with van der Waals surface area (Å²) in [6, 6.07) is 5.36. The predicted molar refractivity (Wildman–Crippen MR) is 74.2 cm³/mol. The lowest BCUT2D eigenvalue weighted by Crippen LogP contribution is -2.25. The first kappa shape index (κ1) is 15.2. The Labute approximate surface area is 118 Å². The summed E-state index contributed by atoms with van der Waals surface area (Å²) in [7, 11) is -7.45. The summed E-state index contributed by atoms with van der Waals surface area (Å²) >= 11 is 0. The zero-order chi connectivity index (χ0) is 14.8. The highest BCUT2D eigenvalue weighted by atomic mass is 32.2. The molecule has 1 heterocycles. The van der Waals surface area contributed by atoms with Crippen LogP contribution in [0.25, 0.3) is 0 Å². The van der Waals surface area contributed by atoms with Crippen LogP contribution in [-0.4, -0.2) is 35.3 Å². The fourth-order valence-corrected chi connectivity index (χ4v) is 3.86. The molecule has 1 fully saturated rings. The van der Waals surface area contributed by atoms with E-state index in [1.807, 2.05) is 0 Å². The lowest BCUT2D eigenvalue weighted by Gasteiger charge is -2.12. The molecule has 1 saturated heterocycles. The number of ether oxygens (including phenoxy) is 1. The summed E-state index contributed by atoms with van der Waals surface area (Å²) in [5, 5.41) is 5.00. The maximum Gasteiger partial charge on any atom is 0.238 e. The number of rotatable bonds is 5. The smallest absolute Gasteiger partial charge is 0.238 e. The molecule has 9 heteroatoms. The maximum atomic E-state index is 11.9. The summed E-state index contributed by atoms with van der Waals surface area (Å²) in [6.45, 7) is 0.571. The highest BCUT2D eigenvalue weighted by Crippen LogP contribution is 2.18. The van der Waals surface area contributed by atoms with Crippen molar-refractivity contribution in [1.29, 1.82) is 0 Å². The van der Waals surface area contributed by atoms with E-state index in [9.17, 15) is 16.8 Å². The van der Waals surface area contributed by atoms with Crippen LogP contribution in [0.4, 0.5) is 5.69 Å². The fourth-order valence-electron chi connectivity index (χ4n) is 1.98. The fraction of sp³-hybridized carbons (Fsp3) is 0.455. The SMILES string of the molecule is NS(=O)(=O)c1cccc(NS(=O)(=O)CC2CCCO2)c1. The van der Waals surface area contributed by atoms with Crippen LogP contribution in [0.3, 0.4) is 0 Å². The number of hydrogen-bond acceptors (Lipinski definition) is 5. The largest absolute Gasteiger partial charge is 0.377 e. The average molecular weight is 320 g/mol. The molecule has 1 aliphatic rings. The Bertz CT molecular complexity index is 679. The Morgan fingerprint density at radius 3 is 2.65 bits per heavy atom. The van der Waals surface area contributed by atoms with Gasteiger partial charge in [-0.3, -0.25) is 4.72 Å². The first-order valence-electron chi connectivity index (χ1n) is 6.01. The monoisotopic (exact) mass is 320 g/mol. The van der Waals surface area contributed by atoms with Gasteiger partial charge in [-0.15, -0.1) is 0 Å². The Morgan fingerprint density at radius 1 is 1.30 bits per heavy atom. The summed E-state index contributed by atoms with van der Waals surface area (Å²) in [5.74, 6) is -0.146. The summed E-state index contributed by atoms with van der Waals surface area (Å²) in [6.07, 6.45) is 1.24. The highest BCUT2D eigenvalue weighted by molar-refractivity contribution is 7.92. The number of benzene rings is 1. The van der Waals surface area contributed by atoms with Crippen LogP contribution in [0.2, 0.25) is 0 Å². The Balaban J connectivity index is 2.12. The maximum absolute atomic E-state index is 11.9. The van der Waals surface area contributed by atoms with E-state index in [0.717, 1.165) is 6.42 Å². The van der Waals surface area contributed by atoms with E-state index in [-0.39, 0.29) is 22.4 Å². The van der Waals surface area contributed by atoms with Crippen molar-refractivity contribution < 1.29 is 21.6 Å². The Kier molecular flexibility index (Phi) is 4.33. The molecule has 3 N–H and O–H groups in total. The van der Waals surface area contributed by atoms with Gasteiger partial charge in [-0.25, -0.2) is 22.0 Å². The molecule has 1 aliphatic heterocycles. The average Bonchev–Trinajstić information content (AvgIpc) is 2.79. The molecular formula is C11H16N2O5S2. The Morgan fingerprint density at radius 2 is 2.05 bits per heavy atom. The topological polar surface area (TPSA) is 116 Å². The molecule has 0 saturated carbocycles. The number of nitrogens with one attached hydrogen (secondary N) is 1. The van der Waals surface area contributed by atoms with Crippen LogP contribution >= 0.6 is 0 Å². The van der Waals surface area contributed by atoms with Gasteiger partial charge < -0.3 is 4.74 Å². The first-order valence-corrected chi connectivity index (χ1v) is 9.21. The standard InChI is InChI=1S/C11H16N2O5S2/c12-20(16,17)11-5-1-3-9(7-11)13-19(14,15)8-10-4-2-6-18-10/h1,3,5,7,10,13H,2,4,6,8H2,(H2,12,16,17). The summed E-state index contributed by atoms with van der Waals surface area (Å²) < 4.78 is 53.9. The second-order valence-electron chi connectivity index (χ2n) is 4.59. The summed E-state index contributed by atoms with van der Waals surface area (Å²) in [4.78, 5) is -0.144. The van der Waals surface area contributed by atoms with Gasteiger partial charge in [0.05, 0.1) is 16.8 Å². The van der Waals surface area contributed by atoms with Gasteiger partial charge in [0.25, 0.3) is 0 Å². The molecule has 1 aromatic carbocycles. The van der Waals surface area contributed by atoms with Gasteiger partial charge in [-0.1, -0.05) is 6.07 Å². The van der Waals surface area contributed by atoms with E-state index in [2.05, 4.69) is 4.72 Å². The lowest BCUT2D eigenvalue weighted by molar-refractivity contribution is 0.127. The molecule has 1 aromatic rings. The normalized spacial score (nSPS) is 19.9. The van der Waals surface area contributed by atoms with E-state index in [1.165, 1.54) is 24.3 Å². The number of primary sulfonamides is 1. The predicted octanol–water partition coefficient (Wildman–Crippen LogP) is 0.255. The molecule has 7 nitrogen and oxygen atoms in total. The number of nitrogens with two attached hydrogens (primary N) is 1. The minimum Gasteiger partial charge on any atom is -0.377 e. The lowest BCUT2D eigenvalue weighted by atomic mass is 10.3. The van der Waals surface area contributed by atoms with Crippen LogP contribution in [0.1, 0.15) is 12.8 Å². The van der Waals surface area contributed by atoms with Crippen LogP contribution in [0.15, 0.2) is 29.2 Å². The third-order valence-corrected chi connectivity index (χ3v) is 5.13. The van der Waals surface area contributed by atoms with Gasteiger partial charge in [0, 0.05) is 12.3 Å². The van der Waals surface area contributed by atoms with Crippen molar-refractivity contribution in [3.63, 3.8) is 0 Å². The van der Waals surface area contributed by atoms with Crippen molar-refractivity contribution in [3.8, 4) is 0 Å². The third-order valence-electron chi connectivity index (χ3n) is 2.87. The highest BCUT2D eigenvalue weighted by Gasteiger charge is 2.23. The quantitative estimate of drug-likeness (QED) is 0.807. The van der Waals surface area contributed by atoms with Gasteiger partial charge in [0.1, 0.15) is 0 Å². The third kappa shape index (κ3) is 4.17. The molecule has 0 bridgehead atoms. The van der Waals surface area contributed by atoms with E-state index in [1.54, 1.807) is 0 Å². The van der Waals surface area contributed by atoms with Gasteiger partial charge in [-0.2, -0.15) is 0 Å². The van der Waals surface area contributed by atoms with Gasteiger partial charge in [0.15, 0.2) is 0 Å². The summed E-state index contributed by atoms with van der Waals surface area (Å²) in [5.41, 5.74) is 0.162. The molecule has 0 aromatic heterocycles. The van der Waals surface area contributed by atoms with Crippen molar-refractivity contribution >= 4 is 25.7 Å². The van der Waals surface area contributed by atoms with E-state index < -0.39 is 20.0 Å². The first-order chi connectivity index (χ1) is 9.26. The molecular weight excluding hydrogens is 304 g/mol.